The molecule has 1 aromatic carbocycles. The van der Waals surface area contributed by atoms with Gasteiger partial charge < -0.3 is 4.74 Å². The maximum absolute atomic E-state index is 11.0. The van der Waals surface area contributed by atoms with Crippen molar-refractivity contribution in [2.45, 2.75) is 46.1 Å². The molecule has 0 spiro atoms. The zero-order valence-corrected chi connectivity index (χ0v) is 13.5. The van der Waals surface area contributed by atoms with Crippen LogP contribution in [0.25, 0.3) is 0 Å². The van der Waals surface area contributed by atoms with Gasteiger partial charge in [-0.25, -0.2) is 4.68 Å². The second kappa shape index (κ2) is 7.73. The highest BCUT2D eigenvalue weighted by Crippen LogP contribution is 2.17. The molecule has 2 aromatic rings. The number of carbonyl (C=O) groups is 1. The highest BCUT2D eigenvalue weighted by atomic mass is 16.5. The van der Waals surface area contributed by atoms with Gasteiger partial charge in [0, 0.05) is 13.0 Å². The van der Waals surface area contributed by atoms with Crippen molar-refractivity contribution in [1.82, 2.24) is 15.0 Å². The van der Waals surface area contributed by atoms with E-state index in [2.05, 4.69) is 29.4 Å². The van der Waals surface area contributed by atoms with E-state index in [1.54, 1.807) is 4.68 Å². The fourth-order valence-electron chi connectivity index (χ4n) is 2.40. The summed E-state index contributed by atoms with van der Waals surface area (Å²) in [5.41, 5.74) is 2.63. The first-order valence-corrected chi connectivity index (χ1v) is 7.76. The molecule has 0 aliphatic carbocycles. The fraction of sp³-hybridized carbons (Fsp3) is 0.471. The average Bonchev–Trinajstić information content (AvgIpc) is 2.95. The maximum atomic E-state index is 11.0. The Labute approximate surface area is 131 Å². The van der Waals surface area contributed by atoms with Crippen LogP contribution in [0.4, 0.5) is 0 Å². The minimum absolute atomic E-state index is 0.220. The van der Waals surface area contributed by atoms with Gasteiger partial charge in [-0.05, 0) is 30.0 Å². The monoisotopic (exact) mass is 301 g/mol. The Morgan fingerprint density at radius 3 is 2.59 bits per heavy atom. The second-order valence-corrected chi connectivity index (χ2v) is 5.56. The van der Waals surface area contributed by atoms with Crippen LogP contribution >= 0.6 is 0 Å². The molecule has 2 rings (SSSR count). The van der Waals surface area contributed by atoms with Gasteiger partial charge in [0.2, 0.25) is 0 Å². The van der Waals surface area contributed by atoms with Gasteiger partial charge in [0.05, 0.1) is 12.3 Å². The summed E-state index contributed by atoms with van der Waals surface area (Å²) in [6, 6.07) is 8.16. The number of carbonyl (C=O) groups excluding carboxylic acids is 1. The lowest BCUT2D eigenvalue weighted by atomic mass is 10.1. The maximum Gasteiger partial charge on any atom is 0.172 e. The molecule has 1 heterocycles. The van der Waals surface area contributed by atoms with Crippen LogP contribution in [0.2, 0.25) is 0 Å². The Morgan fingerprint density at radius 2 is 2.00 bits per heavy atom. The summed E-state index contributed by atoms with van der Waals surface area (Å²) in [5, 5.41) is 7.97. The molecule has 0 amide bonds. The first-order valence-electron chi connectivity index (χ1n) is 7.76. The molecule has 0 unspecified atom stereocenters. The molecule has 0 bridgehead atoms. The lowest BCUT2D eigenvalue weighted by Gasteiger charge is -2.10. The van der Waals surface area contributed by atoms with Gasteiger partial charge in [0.15, 0.2) is 6.29 Å². The summed E-state index contributed by atoms with van der Waals surface area (Å²) in [6.45, 7) is 7.51. The van der Waals surface area contributed by atoms with Gasteiger partial charge in [-0.2, -0.15) is 0 Å². The molecule has 0 aliphatic heterocycles. The van der Waals surface area contributed by atoms with Crippen LogP contribution in [0.15, 0.2) is 24.3 Å². The molecular weight excluding hydrogens is 278 g/mol. The topological polar surface area (TPSA) is 57.0 Å². The Balaban J connectivity index is 1.86. The summed E-state index contributed by atoms with van der Waals surface area (Å²) < 4.78 is 7.53. The van der Waals surface area contributed by atoms with Gasteiger partial charge in [-0.3, -0.25) is 4.79 Å². The van der Waals surface area contributed by atoms with Crippen LogP contribution in [-0.4, -0.2) is 27.9 Å². The minimum atomic E-state index is 0.220. The first-order chi connectivity index (χ1) is 10.7. The van der Waals surface area contributed by atoms with E-state index in [-0.39, 0.29) is 5.92 Å². The molecule has 0 atom stereocenters. The zero-order valence-electron chi connectivity index (χ0n) is 13.5. The van der Waals surface area contributed by atoms with Gasteiger partial charge in [0.25, 0.3) is 0 Å². The van der Waals surface area contributed by atoms with Crippen molar-refractivity contribution in [3.05, 3.63) is 41.2 Å². The van der Waals surface area contributed by atoms with E-state index in [4.69, 9.17) is 4.74 Å². The number of aryl methyl sites for hydroxylation is 2. The molecule has 0 radical (unpaired) electrons. The van der Waals surface area contributed by atoms with Crippen molar-refractivity contribution >= 4 is 6.29 Å². The lowest BCUT2D eigenvalue weighted by molar-refractivity contribution is 0.111. The number of rotatable bonds is 8. The minimum Gasteiger partial charge on any atom is -0.494 e. The molecule has 22 heavy (non-hydrogen) atoms. The van der Waals surface area contributed by atoms with Crippen molar-refractivity contribution < 1.29 is 9.53 Å². The quantitative estimate of drug-likeness (QED) is 0.555. The third kappa shape index (κ3) is 3.93. The van der Waals surface area contributed by atoms with Crippen LogP contribution in [0.3, 0.4) is 0 Å². The van der Waals surface area contributed by atoms with E-state index in [0.717, 1.165) is 30.6 Å². The summed E-state index contributed by atoms with van der Waals surface area (Å²) in [6.07, 6.45) is 2.62. The Kier molecular flexibility index (Phi) is 5.69. The highest BCUT2D eigenvalue weighted by molar-refractivity contribution is 5.73. The van der Waals surface area contributed by atoms with Gasteiger partial charge in [0.1, 0.15) is 11.4 Å². The van der Waals surface area contributed by atoms with Gasteiger partial charge in [-0.1, -0.05) is 38.1 Å². The third-order valence-electron chi connectivity index (χ3n) is 3.57. The molecule has 0 fully saturated rings. The van der Waals surface area contributed by atoms with Crippen LogP contribution in [0.5, 0.6) is 5.75 Å². The van der Waals surface area contributed by atoms with E-state index in [1.165, 1.54) is 5.56 Å². The summed E-state index contributed by atoms with van der Waals surface area (Å²) in [4.78, 5) is 11.0. The fourth-order valence-corrected chi connectivity index (χ4v) is 2.40. The molecule has 5 heteroatoms. The number of hydrogen-bond donors (Lipinski definition) is 0. The van der Waals surface area contributed by atoms with Crippen molar-refractivity contribution in [2.75, 3.05) is 6.61 Å². The molecule has 118 valence electrons. The predicted molar refractivity (Wildman–Crippen MR) is 85.4 cm³/mol. The van der Waals surface area contributed by atoms with Crippen LogP contribution in [0, 0.1) is 0 Å². The Bertz CT molecular complexity index is 603. The van der Waals surface area contributed by atoms with E-state index < -0.39 is 0 Å². The zero-order chi connectivity index (χ0) is 15.9. The molecule has 0 saturated heterocycles. The van der Waals surface area contributed by atoms with Gasteiger partial charge in [-0.15, -0.1) is 5.10 Å². The number of nitrogens with zero attached hydrogens (tertiary/aromatic N) is 3. The van der Waals surface area contributed by atoms with Crippen molar-refractivity contribution in [3.8, 4) is 5.75 Å². The normalized spacial score (nSPS) is 10.9. The van der Waals surface area contributed by atoms with E-state index >= 15 is 0 Å². The largest absolute Gasteiger partial charge is 0.494 e. The lowest BCUT2D eigenvalue weighted by Crippen LogP contribution is -2.10. The number of ether oxygens (including phenoxy) is 1. The summed E-state index contributed by atoms with van der Waals surface area (Å²) in [7, 11) is 0. The SMILES string of the molecule is CCc1ccc(OCCCn2nnc(C=O)c2C(C)C)cc1. The summed E-state index contributed by atoms with van der Waals surface area (Å²) in [5.74, 6) is 1.10. The number of aromatic nitrogens is 3. The first kappa shape index (κ1) is 16.2. The molecule has 0 aliphatic rings. The van der Waals surface area contributed by atoms with Crippen LogP contribution < -0.4 is 4.74 Å². The molecule has 0 N–H and O–H groups in total. The van der Waals surface area contributed by atoms with Crippen LogP contribution in [-0.2, 0) is 13.0 Å². The molecule has 1 aromatic heterocycles. The molecule has 0 saturated carbocycles. The van der Waals surface area contributed by atoms with E-state index in [9.17, 15) is 4.79 Å². The number of aldehydes is 1. The number of hydrogen-bond acceptors (Lipinski definition) is 4. The predicted octanol–water partition coefficient (Wildman–Crippen LogP) is 3.25. The second-order valence-electron chi connectivity index (χ2n) is 5.56. The molecular formula is C17H23N3O2. The van der Waals surface area contributed by atoms with Crippen molar-refractivity contribution in [2.24, 2.45) is 0 Å². The third-order valence-corrected chi connectivity index (χ3v) is 3.57. The standard InChI is InChI=1S/C17H23N3O2/c1-4-14-6-8-15(9-7-14)22-11-5-10-20-17(13(2)3)16(12-21)18-19-20/h6-9,12-13H,4-5,10-11H2,1-3H3. The Hall–Kier alpha value is -2.17. The van der Waals surface area contributed by atoms with Gasteiger partial charge >= 0.3 is 0 Å². The van der Waals surface area contributed by atoms with E-state index in [1.807, 2.05) is 26.0 Å². The smallest absolute Gasteiger partial charge is 0.172 e. The van der Waals surface area contributed by atoms with Crippen LogP contribution in [0.1, 0.15) is 54.9 Å². The average molecular weight is 301 g/mol. The van der Waals surface area contributed by atoms with Crippen molar-refractivity contribution in [1.29, 1.82) is 0 Å². The number of benzene rings is 1. The van der Waals surface area contributed by atoms with E-state index in [0.29, 0.717) is 18.8 Å². The molecule has 5 nitrogen and oxygen atoms in total. The Morgan fingerprint density at radius 1 is 1.27 bits per heavy atom. The summed E-state index contributed by atoms with van der Waals surface area (Å²) >= 11 is 0. The highest BCUT2D eigenvalue weighted by Gasteiger charge is 2.15. The van der Waals surface area contributed by atoms with Crippen molar-refractivity contribution in [3.63, 3.8) is 0 Å².